The van der Waals surface area contributed by atoms with Gasteiger partial charge >= 0.3 is 5.97 Å². The van der Waals surface area contributed by atoms with Gasteiger partial charge in [-0.3, -0.25) is 0 Å². The molecule has 1 heterocycles. The monoisotopic (exact) mass is 437 g/mol. The third-order valence-corrected chi connectivity index (χ3v) is 5.76. The highest BCUT2D eigenvalue weighted by Crippen LogP contribution is 2.32. The summed E-state index contributed by atoms with van der Waals surface area (Å²) in [6, 6.07) is 14.3. The number of hydrogen-bond acceptors (Lipinski definition) is 4. The number of nitrogens with zero attached hydrogens (tertiary/aromatic N) is 1. The number of rotatable bonds is 11. The standard InChI is InChI=1S/C27H35NO4/c1-3-4-16-31-17-18-32-25-11-7-22(8-12-25)23-9-13-26(24(19-23)10-14-27(29)30)28-15-5-6-21(2)20-28/h7-14,19,21H,3-6,15-18,20H2,1-2H3,(H,29,30)/b14-10+. The molecule has 32 heavy (non-hydrogen) atoms. The quantitative estimate of drug-likeness (QED) is 0.351. The maximum absolute atomic E-state index is 11.1. The number of carboxylic acids is 1. The van der Waals surface area contributed by atoms with E-state index in [0.717, 1.165) is 67.1 Å². The fraction of sp³-hybridized carbons (Fsp3) is 0.444. The molecule has 2 aromatic rings. The van der Waals surface area contributed by atoms with Crippen molar-refractivity contribution in [3.8, 4) is 16.9 Å². The molecule has 1 unspecified atom stereocenters. The van der Waals surface area contributed by atoms with Gasteiger partial charge in [0.2, 0.25) is 0 Å². The molecule has 3 rings (SSSR count). The number of unbranched alkanes of at least 4 members (excludes halogenated alkanes) is 1. The molecular weight excluding hydrogens is 402 g/mol. The lowest BCUT2D eigenvalue weighted by molar-refractivity contribution is -0.131. The van der Waals surface area contributed by atoms with Crippen molar-refractivity contribution in [1.82, 2.24) is 0 Å². The van der Waals surface area contributed by atoms with Crippen LogP contribution in [0.4, 0.5) is 5.69 Å². The molecule has 0 bridgehead atoms. The molecule has 5 nitrogen and oxygen atoms in total. The molecule has 1 N–H and O–H groups in total. The molecule has 5 heteroatoms. The fourth-order valence-electron chi connectivity index (χ4n) is 4.04. The summed E-state index contributed by atoms with van der Waals surface area (Å²) in [4.78, 5) is 13.5. The normalized spacial score (nSPS) is 16.4. The first-order chi connectivity index (χ1) is 15.6. The van der Waals surface area contributed by atoms with Gasteiger partial charge in [0, 0.05) is 31.5 Å². The van der Waals surface area contributed by atoms with E-state index in [2.05, 4.69) is 36.9 Å². The first kappa shape index (κ1) is 23.9. The van der Waals surface area contributed by atoms with Crippen LogP contribution in [0.1, 0.15) is 45.1 Å². The first-order valence-corrected chi connectivity index (χ1v) is 11.7. The van der Waals surface area contributed by atoms with Gasteiger partial charge in [-0.05, 0) is 72.2 Å². The lowest BCUT2D eigenvalue weighted by Gasteiger charge is -2.34. The fourth-order valence-corrected chi connectivity index (χ4v) is 4.04. The number of aliphatic carboxylic acids is 1. The Kier molecular flexibility index (Phi) is 9.17. The minimum atomic E-state index is -0.937. The number of ether oxygens (including phenoxy) is 2. The van der Waals surface area contributed by atoms with Crippen LogP contribution in [0.2, 0.25) is 0 Å². The van der Waals surface area contributed by atoms with Crippen molar-refractivity contribution in [3.63, 3.8) is 0 Å². The second-order valence-electron chi connectivity index (χ2n) is 8.48. The van der Waals surface area contributed by atoms with Crippen molar-refractivity contribution in [2.75, 3.05) is 37.8 Å². The molecule has 0 radical (unpaired) electrons. The number of hydrogen-bond donors (Lipinski definition) is 1. The summed E-state index contributed by atoms with van der Waals surface area (Å²) in [6.07, 6.45) is 7.54. The Morgan fingerprint density at radius 1 is 1.12 bits per heavy atom. The minimum absolute atomic E-state index is 0.538. The van der Waals surface area contributed by atoms with Gasteiger partial charge in [0.25, 0.3) is 0 Å². The number of carbonyl (C=O) groups is 1. The van der Waals surface area contributed by atoms with E-state index in [1.807, 2.05) is 24.3 Å². The van der Waals surface area contributed by atoms with Crippen molar-refractivity contribution < 1.29 is 19.4 Å². The Bertz CT molecular complexity index is 891. The maximum Gasteiger partial charge on any atom is 0.328 e. The summed E-state index contributed by atoms with van der Waals surface area (Å²) in [5.74, 6) is 0.524. The highest BCUT2D eigenvalue weighted by Gasteiger charge is 2.19. The van der Waals surface area contributed by atoms with Crippen LogP contribution in [0.5, 0.6) is 5.75 Å². The number of piperidine rings is 1. The largest absolute Gasteiger partial charge is 0.491 e. The van der Waals surface area contributed by atoms with Crippen LogP contribution >= 0.6 is 0 Å². The zero-order valence-corrected chi connectivity index (χ0v) is 19.3. The van der Waals surface area contributed by atoms with Crippen LogP contribution in [0.3, 0.4) is 0 Å². The van der Waals surface area contributed by atoms with Gasteiger partial charge in [-0.15, -0.1) is 0 Å². The summed E-state index contributed by atoms with van der Waals surface area (Å²) in [5.41, 5.74) is 4.16. The lowest BCUT2D eigenvalue weighted by Crippen LogP contribution is -2.34. The van der Waals surface area contributed by atoms with Crippen molar-refractivity contribution in [2.45, 2.75) is 39.5 Å². The summed E-state index contributed by atoms with van der Waals surface area (Å²) < 4.78 is 11.3. The molecule has 172 valence electrons. The van der Waals surface area contributed by atoms with Gasteiger partial charge in [0.05, 0.1) is 6.61 Å². The van der Waals surface area contributed by atoms with E-state index in [-0.39, 0.29) is 0 Å². The molecule has 0 amide bonds. The van der Waals surface area contributed by atoms with Gasteiger partial charge in [0.1, 0.15) is 12.4 Å². The van der Waals surface area contributed by atoms with Crippen molar-refractivity contribution in [3.05, 3.63) is 54.1 Å². The number of benzene rings is 2. The molecule has 1 aliphatic heterocycles. The first-order valence-electron chi connectivity index (χ1n) is 11.7. The van der Waals surface area contributed by atoms with E-state index in [4.69, 9.17) is 14.6 Å². The van der Waals surface area contributed by atoms with Crippen LogP contribution < -0.4 is 9.64 Å². The van der Waals surface area contributed by atoms with Crippen LogP contribution in [-0.4, -0.2) is 44.0 Å². The third kappa shape index (κ3) is 7.13. The van der Waals surface area contributed by atoms with E-state index < -0.39 is 5.97 Å². The van der Waals surface area contributed by atoms with Crippen LogP contribution in [-0.2, 0) is 9.53 Å². The Morgan fingerprint density at radius 2 is 1.91 bits per heavy atom. The van der Waals surface area contributed by atoms with E-state index in [1.54, 1.807) is 6.08 Å². The van der Waals surface area contributed by atoms with Crippen LogP contribution in [0.25, 0.3) is 17.2 Å². The molecule has 1 atom stereocenters. The predicted octanol–water partition coefficient (Wildman–Crippen LogP) is 5.88. The maximum atomic E-state index is 11.1. The molecule has 2 aromatic carbocycles. The molecule has 0 spiro atoms. The molecule has 0 aromatic heterocycles. The van der Waals surface area contributed by atoms with E-state index in [0.29, 0.717) is 19.1 Å². The van der Waals surface area contributed by atoms with E-state index in [1.165, 1.54) is 12.5 Å². The molecule has 0 aliphatic carbocycles. The summed E-state index contributed by atoms with van der Waals surface area (Å²) in [6.45, 7) is 8.34. The van der Waals surface area contributed by atoms with Crippen LogP contribution in [0, 0.1) is 5.92 Å². The summed E-state index contributed by atoms with van der Waals surface area (Å²) in [5, 5.41) is 9.14. The smallest absolute Gasteiger partial charge is 0.328 e. The SMILES string of the molecule is CCCCOCCOc1ccc(-c2ccc(N3CCCC(C)C3)c(/C=C/C(=O)O)c2)cc1. The van der Waals surface area contributed by atoms with Gasteiger partial charge in [-0.1, -0.05) is 38.5 Å². The van der Waals surface area contributed by atoms with Crippen molar-refractivity contribution in [2.24, 2.45) is 5.92 Å². The van der Waals surface area contributed by atoms with Crippen LogP contribution in [0.15, 0.2) is 48.5 Å². The second-order valence-corrected chi connectivity index (χ2v) is 8.48. The zero-order valence-electron chi connectivity index (χ0n) is 19.3. The molecule has 1 aliphatic rings. The second kappa shape index (κ2) is 12.3. The average Bonchev–Trinajstić information content (AvgIpc) is 2.80. The zero-order chi connectivity index (χ0) is 22.8. The Morgan fingerprint density at radius 3 is 2.62 bits per heavy atom. The summed E-state index contributed by atoms with van der Waals surface area (Å²) in [7, 11) is 0. The molecule has 1 fully saturated rings. The molecule has 0 saturated carbocycles. The van der Waals surface area contributed by atoms with Gasteiger partial charge < -0.3 is 19.5 Å². The topological polar surface area (TPSA) is 59.0 Å². The highest BCUT2D eigenvalue weighted by atomic mass is 16.5. The molecular formula is C27H35NO4. The van der Waals surface area contributed by atoms with E-state index >= 15 is 0 Å². The third-order valence-electron chi connectivity index (χ3n) is 5.76. The highest BCUT2D eigenvalue weighted by molar-refractivity contribution is 5.88. The average molecular weight is 438 g/mol. The predicted molar refractivity (Wildman–Crippen MR) is 130 cm³/mol. The van der Waals surface area contributed by atoms with Crippen molar-refractivity contribution >= 4 is 17.7 Å². The number of carboxylic acid groups (broad SMARTS) is 1. The Hall–Kier alpha value is -2.79. The molecule has 1 saturated heterocycles. The van der Waals surface area contributed by atoms with Gasteiger partial charge in [0.15, 0.2) is 0 Å². The summed E-state index contributed by atoms with van der Waals surface area (Å²) >= 11 is 0. The number of anilines is 1. The Balaban J connectivity index is 1.71. The van der Waals surface area contributed by atoms with Gasteiger partial charge in [-0.2, -0.15) is 0 Å². The van der Waals surface area contributed by atoms with E-state index in [9.17, 15) is 4.79 Å². The van der Waals surface area contributed by atoms with Gasteiger partial charge in [-0.25, -0.2) is 4.79 Å². The Labute approximate surface area is 191 Å². The van der Waals surface area contributed by atoms with Crippen molar-refractivity contribution in [1.29, 1.82) is 0 Å². The minimum Gasteiger partial charge on any atom is -0.491 e. The lowest BCUT2D eigenvalue weighted by atomic mass is 9.96.